The summed E-state index contributed by atoms with van der Waals surface area (Å²) in [5.74, 6) is 0.226. The summed E-state index contributed by atoms with van der Waals surface area (Å²) in [6.45, 7) is 8.05. The van der Waals surface area contributed by atoms with Gasteiger partial charge in [0.05, 0.1) is 23.5 Å². The molecule has 198 valence electrons. The summed E-state index contributed by atoms with van der Waals surface area (Å²) in [5.41, 5.74) is 4.66. The molecule has 8 nitrogen and oxygen atoms in total. The lowest BCUT2D eigenvalue weighted by Gasteiger charge is -2.17. The summed E-state index contributed by atoms with van der Waals surface area (Å²) in [5, 5.41) is -0.889. The largest absolute Gasteiger partial charge is 0.497 e. The molecule has 0 bridgehead atoms. The van der Waals surface area contributed by atoms with Gasteiger partial charge in [-0.15, -0.1) is 0 Å². The van der Waals surface area contributed by atoms with E-state index >= 15 is 0 Å². The molecule has 0 aromatic heterocycles. The van der Waals surface area contributed by atoms with Crippen LogP contribution < -0.4 is 9.47 Å². The Kier molecular flexibility index (Phi) is 8.32. The minimum absolute atomic E-state index is 0.0808. The fourth-order valence-corrected chi connectivity index (χ4v) is 6.03. The number of aryl methyl sites for hydroxylation is 3. The van der Waals surface area contributed by atoms with E-state index in [9.17, 15) is 19.2 Å². The first-order chi connectivity index (χ1) is 18.1. The van der Waals surface area contributed by atoms with E-state index in [1.807, 2.05) is 39.8 Å². The number of hydrogen-bond acceptors (Lipinski definition) is 8. The van der Waals surface area contributed by atoms with E-state index in [0.717, 1.165) is 55.6 Å². The Morgan fingerprint density at radius 2 is 1.37 bits per heavy atom. The van der Waals surface area contributed by atoms with Crippen LogP contribution in [-0.2, 0) is 9.59 Å². The molecule has 4 rings (SSSR count). The normalized spacial score (nSPS) is 17.9. The van der Waals surface area contributed by atoms with Gasteiger partial charge in [-0.05, 0) is 98.3 Å². The molecule has 0 saturated carbocycles. The molecule has 0 atom stereocenters. The molecule has 2 aromatic carbocycles. The van der Waals surface area contributed by atoms with Crippen LogP contribution in [0.5, 0.6) is 11.5 Å². The Morgan fingerprint density at radius 1 is 0.816 bits per heavy atom. The number of ether oxygens (including phenoxy) is 2. The van der Waals surface area contributed by atoms with Crippen LogP contribution in [0.4, 0.5) is 9.59 Å². The standard InChI is InChI=1S/C28H28N2O6S2/c1-6-36-22-8-7-20(35-5)13-19(22)14-23-25(31)29(27(33)37-23)9-10-30-26(32)24(38-28(30)34)15-21-17(3)11-16(2)12-18(21)4/h7-8,11-15H,6,9-10H2,1-5H3/b23-14-,24-15-. The third kappa shape index (κ3) is 5.66. The van der Waals surface area contributed by atoms with Gasteiger partial charge in [0.25, 0.3) is 22.3 Å². The SMILES string of the molecule is CCOc1ccc(OC)cc1/C=C1\SC(=O)N(CCN2C(=O)S/C(=C\c3c(C)cc(C)cc3C)C2=O)C1=O. The fraction of sp³-hybridized carbons (Fsp3) is 0.286. The first kappa shape index (κ1) is 27.5. The first-order valence-electron chi connectivity index (χ1n) is 12.0. The third-order valence-corrected chi connectivity index (χ3v) is 7.93. The van der Waals surface area contributed by atoms with Gasteiger partial charge in [-0.3, -0.25) is 29.0 Å². The van der Waals surface area contributed by atoms with Crippen LogP contribution in [0.25, 0.3) is 12.2 Å². The number of carbonyl (C=O) groups excluding carboxylic acids is 4. The molecule has 0 aliphatic carbocycles. The Labute approximate surface area is 230 Å². The summed E-state index contributed by atoms with van der Waals surface area (Å²) >= 11 is 1.67. The number of nitrogens with zero attached hydrogens (tertiary/aromatic N) is 2. The number of amides is 4. The molecule has 2 aliphatic rings. The molecule has 0 N–H and O–H groups in total. The molecule has 38 heavy (non-hydrogen) atoms. The lowest BCUT2D eigenvalue weighted by atomic mass is 9.99. The number of thioether (sulfide) groups is 2. The van der Waals surface area contributed by atoms with E-state index in [1.165, 1.54) is 7.11 Å². The highest BCUT2D eigenvalue weighted by Gasteiger charge is 2.39. The van der Waals surface area contributed by atoms with Gasteiger partial charge < -0.3 is 9.47 Å². The van der Waals surface area contributed by atoms with Crippen molar-refractivity contribution in [3.05, 3.63) is 68.0 Å². The van der Waals surface area contributed by atoms with E-state index in [1.54, 1.807) is 30.4 Å². The van der Waals surface area contributed by atoms with Gasteiger partial charge in [-0.25, -0.2) is 0 Å². The van der Waals surface area contributed by atoms with E-state index in [2.05, 4.69) is 0 Å². The first-order valence-corrected chi connectivity index (χ1v) is 13.7. The summed E-state index contributed by atoms with van der Waals surface area (Å²) < 4.78 is 10.9. The molecule has 0 radical (unpaired) electrons. The molecule has 2 saturated heterocycles. The van der Waals surface area contributed by atoms with Gasteiger partial charge in [0.15, 0.2) is 0 Å². The Morgan fingerprint density at radius 3 is 1.89 bits per heavy atom. The average molecular weight is 553 g/mol. The Hall–Kier alpha value is -3.50. The van der Waals surface area contributed by atoms with Crippen LogP contribution in [0.3, 0.4) is 0 Å². The van der Waals surface area contributed by atoms with Crippen molar-refractivity contribution in [3.8, 4) is 11.5 Å². The van der Waals surface area contributed by atoms with Gasteiger partial charge in [-0.1, -0.05) is 17.7 Å². The highest BCUT2D eigenvalue weighted by Crippen LogP contribution is 2.37. The Bertz CT molecular complexity index is 1370. The van der Waals surface area contributed by atoms with E-state index in [4.69, 9.17) is 9.47 Å². The highest BCUT2D eigenvalue weighted by atomic mass is 32.2. The minimum Gasteiger partial charge on any atom is -0.497 e. The maximum atomic E-state index is 13.1. The second kappa shape index (κ2) is 11.5. The number of hydrogen-bond donors (Lipinski definition) is 0. The zero-order chi connectivity index (χ0) is 27.6. The second-order valence-electron chi connectivity index (χ2n) is 8.82. The fourth-order valence-electron chi connectivity index (χ4n) is 4.33. The molecule has 0 unspecified atom stereocenters. The van der Waals surface area contributed by atoms with E-state index in [0.29, 0.717) is 28.6 Å². The average Bonchev–Trinajstić information content (AvgIpc) is 3.29. The van der Waals surface area contributed by atoms with E-state index in [-0.39, 0.29) is 18.0 Å². The molecule has 2 heterocycles. The molecule has 0 spiro atoms. The van der Waals surface area contributed by atoms with Crippen LogP contribution in [0.2, 0.25) is 0 Å². The zero-order valence-corrected chi connectivity index (χ0v) is 23.5. The van der Waals surface area contributed by atoms with Gasteiger partial charge in [0, 0.05) is 18.7 Å². The quantitative estimate of drug-likeness (QED) is 0.380. The summed E-state index contributed by atoms with van der Waals surface area (Å²) in [4.78, 5) is 54.1. The van der Waals surface area contributed by atoms with Crippen LogP contribution in [0.1, 0.15) is 34.7 Å². The predicted octanol–water partition coefficient (Wildman–Crippen LogP) is 5.79. The third-order valence-electron chi connectivity index (χ3n) is 6.11. The molecule has 2 aromatic rings. The van der Waals surface area contributed by atoms with Crippen molar-refractivity contribution in [1.82, 2.24) is 9.80 Å². The lowest BCUT2D eigenvalue weighted by molar-refractivity contribution is -0.125. The van der Waals surface area contributed by atoms with Crippen LogP contribution >= 0.6 is 23.5 Å². The summed E-state index contributed by atoms with van der Waals surface area (Å²) in [6.07, 6.45) is 3.33. The molecule has 2 fully saturated rings. The number of benzene rings is 2. The molecule has 10 heteroatoms. The number of methoxy groups -OCH3 is 1. The minimum atomic E-state index is -0.487. The van der Waals surface area contributed by atoms with Crippen molar-refractivity contribution in [3.63, 3.8) is 0 Å². The number of carbonyl (C=O) groups is 4. The zero-order valence-electron chi connectivity index (χ0n) is 21.8. The van der Waals surface area contributed by atoms with Crippen LogP contribution in [-0.4, -0.2) is 58.9 Å². The summed E-state index contributed by atoms with van der Waals surface area (Å²) in [7, 11) is 1.54. The summed E-state index contributed by atoms with van der Waals surface area (Å²) in [6, 6.07) is 9.27. The van der Waals surface area contributed by atoms with Crippen molar-refractivity contribution >= 4 is 58.0 Å². The van der Waals surface area contributed by atoms with Crippen LogP contribution in [0, 0.1) is 20.8 Å². The predicted molar refractivity (Wildman–Crippen MR) is 150 cm³/mol. The molecular formula is C28H28N2O6S2. The monoisotopic (exact) mass is 552 g/mol. The van der Waals surface area contributed by atoms with Gasteiger partial charge in [0.1, 0.15) is 11.5 Å². The van der Waals surface area contributed by atoms with Crippen LogP contribution in [0.15, 0.2) is 40.1 Å². The highest BCUT2D eigenvalue weighted by molar-refractivity contribution is 8.18. The van der Waals surface area contributed by atoms with Gasteiger partial charge >= 0.3 is 0 Å². The number of rotatable bonds is 8. The number of imide groups is 2. The van der Waals surface area contributed by atoms with Crippen molar-refractivity contribution in [2.24, 2.45) is 0 Å². The molecule has 4 amide bonds. The molecule has 2 aliphatic heterocycles. The van der Waals surface area contributed by atoms with Crippen molar-refractivity contribution in [1.29, 1.82) is 0 Å². The van der Waals surface area contributed by atoms with Crippen molar-refractivity contribution in [2.75, 3.05) is 26.8 Å². The Balaban J connectivity index is 1.49. The smallest absolute Gasteiger partial charge is 0.293 e. The maximum Gasteiger partial charge on any atom is 0.293 e. The van der Waals surface area contributed by atoms with Crippen molar-refractivity contribution in [2.45, 2.75) is 27.7 Å². The maximum absolute atomic E-state index is 13.1. The van der Waals surface area contributed by atoms with Gasteiger partial charge in [0.2, 0.25) is 0 Å². The van der Waals surface area contributed by atoms with Crippen molar-refractivity contribution < 1.29 is 28.7 Å². The lowest BCUT2D eigenvalue weighted by Crippen LogP contribution is -2.39. The second-order valence-corrected chi connectivity index (χ2v) is 10.8. The molecular weight excluding hydrogens is 524 g/mol. The van der Waals surface area contributed by atoms with Gasteiger partial charge in [-0.2, -0.15) is 0 Å². The topological polar surface area (TPSA) is 93.2 Å². The van der Waals surface area contributed by atoms with E-state index < -0.39 is 22.3 Å².